The van der Waals surface area contributed by atoms with Crippen molar-refractivity contribution < 1.29 is 48.7 Å². The van der Waals surface area contributed by atoms with Crippen LogP contribution in [0.5, 0.6) is 23.0 Å². The molecule has 13 heteroatoms. The van der Waals surface area contributed by atoms with Crippen molar-refractivity contribution in [2.75, 3.05) is 20.3 Å². The van der Waals surface area contributed by atoms with Crippen LogP contribution in [0.2, 0.25) is 5.02 Å². The number of methoxy groups -OCH3 is 1. The highest BCUT2D eigenvalue weighted by atomic mass is 35.5. The van der Waals surface area contributed by atoms with E-state index >= 15 is 0 Å². The molecule has 2 heterocycles. The Bertz CT molecular complexity index is 1710. The molecule has 0 amide bonds. The number of carboxylic acid groups (broad SMARTS) is 2. The standard InChI is InChI=1S/C30H29ClO10S2/c1-14(29(35)36)7-18(32)25-10-16-9-22(21(39-3)13-23(16)42-25)40-5-4-6-41-28-20(34)12-24-17(27(28)31)11-26(43-24)19(33)8-15(2)30(37)38/h9-15,34H,4-8H2,1-3H3,(H,35,36)(H,37,38). The highest BCUT2D eigenvalue weighted by molar-refractivity contribution is 7.21. The molecule has 0 bridgehead atoms. The highest BCUT2D eigenvalue weighted by Gasteiger charge is 2.22. The molecular weight excluding hydrogens is 620 g/mol. The zero-order chi connectivity index (χ0) is 31.4. The Labute approximate surface area is 259 Å². The minimum Gasteiger partial charge on any atom is -0.504 e. The van der Waals surface area contributed by atoms with Crippen LogP contribution in [0.1, 0.15) is 52.5 Å². The number of rotatable bonds is 15. The predicted molar refractivity (Wildman–Crippen MR) is 164 cm³/mol. The second-order valence-electron chi connectivity index (χ2n) is 10.00. The number of benzene rings is 2. The number of hydrogen-bond donors (Lipinski definition) is 3. The maximum absolute atomic E-state index is 12.6. The van der Waals surface area contributed by atoms with Crippen molar-refractivity contribution in [1.82, 2.24) is 0 Å². The van der Waals surface area contributed by atoms with E-state index in [1.165, 1.54) is 38.4 Å². The Hall–Kier alpha value is -3.87. The van der Waals surface area contributed by atoms with E-state index in [2.05, 4.69) is 0 Å². The fourth-order valence-electron chi connectivity index (χ4n) is 4.19. The zero-order valence-corrected chi connectivity index (χ0v) is 25.9. The summed E-state index contributed by atoms with van der Waals surface area (Å²) in [6, 6.07) is 8.26. The minimum atomic E-state index is -1.06. The van der Waals surface area contributed by atoms with Gasteiger partial charge in [0.2, 0.25) is 0 Å². The molecule has 0 aliphatic carbocycles. The first-order chi connectivity index (χ1) is 20.4. The van der Waals surface area contributed by atoms with Gasteiger partial charge in [0.1, 0.15) is 0 Å². The van der Waals surface area contributed by atoms with Crippen molar-refractivity contribution in [2.45, 2.75) is 33.1 Å². The molecule has 43 heavy (non-hydrogen) atoms. The van der Waals surface area contributed by atoms with Gasteiger partial charge in [-0.2, -0.15) is 0 Å². The number of ether oxygens (including phenoxy) is 3. The molecule has 4 rings (SSSR count). The topological polar surface area (TPSA) is 157 Å². The van der Waals surface area contributed by atoms with Gasteiger partial charge in [-0.05, 0) is 23.6 Å². The Morgan fingerprint density at radius 1 is 0.814 bits per heavy atom. The number of fused-ring (bicyclic) bond motifs is 2. The van der Waals surface area contributed by atoms with Gasteiger partial charge >= 0.3 is 11.9 Å². The fraction of sp³-hybridized carbons (Fsp3) is 0.333. The minimum absolute atomic E-state index is 0.0663. The molecule has 2 aromatic carbocycles. The molecule has 0 aliphatic heterocycles. The SMILES string of the molecule is COc1cc2sc(C(=O)CC(C)C(=O)O)cc2cc1OCCCOc1c(O)cc2sc(C(=O)CC(C)C(=O)O)cc2c1Cl. The Balaban J connectivity index is 1.38. The van der Waals surface area contributed by atoms with Crippen molar-refractivity contribution in [1.29, 1.82) is 0 Å². The molecule has 0 aliphatic rings. The van der Waals surface area contributed by atoms with Crippen LogP contribution in [-0.4, -0.2) is 59.1 Å². The summed E-state index contributed by atoms with van der Waals surface area (Å²) in [6.07, 6.45) is 0.174. The summed E-state index contributed by atoms with van der Waals surface area (Å²) >= 11 is 8.89. The third kappa shape index (κ3) is 7.38. The molecule has 3 N–H and O–H groups in total. The number of phenols is 1. The molecule has 2 aromatic heterocycles. The number of hydrogen-bond acceptors (Lipinski definition) is 10. The van der Waals surface area contributed by atoms with Crippen molar-refractivity contribution in [3.63, 3.8) is 0 Å². The third-order valence-electron chi connectivity index (χ3n) is 6.67. The molecule has 10 nitrogen and oxygen atoms in total. The number of aromatic hydroxyl groups is 1. The van der Waals surface area contributed by atoms with Crippen LogP contribution in [0.4, 0.5) is 0 Å². The van der Waals surface area contributed by atoms with Crippen LogP contribution in [0.15, 0.2) is 30.3 Å². The second-order valence-corrected chi connectivity index (χ2v) is 12.5. The smallest absolute Gasteiger partial charge is 0.306 e. The van der Waals surface area contributed by atoms with Crippen LogP contribution in [0.25, 0.3) is 20.2 Å². The molecule has 0 saturated heterocycles. The van der Waals surface area contributed by atoms with Crippen molar-refractivity contribution in [3.05, 3.63) is 45.1 Å². The molecule has 0 radical (unpaired) electrons. The largest absolute Gasteiger partial charge is 0.504 e. The molecule has 0 spiro atoms. The number of aliphatic carboxylic acids is 2. The average Bonchev–Trinajstić information content (AvgIpc) is 3.58. The Kier molecular flexibility index (Phi) is 10.2. The number of ketones is 2. The summed E-state index contributed by atoms with van der Waals surface area (Å²) < 4.78 is 18.5. The van der Waals surface area contributed by atoms with Gasteiger partial charge in [-0.1, -0.05) is 25.4 Å². The Morgan fingerprint density at radius 2 is 1.40 bits per heavy atom. The molecule has 0 fully saturated rings. The van der Waals surface area contributed by atoms with E-state index in [1.54, 1.807) is 24.3 Å². The van der Waals surface area contributed by atoms with Crippen LogP contribution in [0, 0.1) is 11.8 Å². The number of carbonyl (C=O) groups excluding carboxylic acids is 2. The van der Waals surface area contributed by atoms with Gasteiger partial charge < -0.3 is 29.5 Å². The number of Topliss-reactive ketones (excluding diaryl/α,β-unsaturated/α-hetero) is 2. The fourth-order valence-corrected chi connectivity index (χ4v) is 6.63. The number of thiophene rings is 2. The first-order valence-electron chi connectivity index (χ1n) is 13.2. The lowest BCUT2D eigenvalue weighted by Crippen LogP contribution is -2.13. The maximum Gasteiger partial charge on any atom is 0.306 e. The van der Waals surface area contributed by atoms with Crippen molar-refractivity contribution in [3.8, 4) is 23.0 Å². The molecule has 4 aromatic rings. The van der Waals surface area contributed by atoms with Gasteiger partial charge in [-0.25, -0.2) is 0 Å². The van der Waals surface area contributed by atoms with Crippen LogP contribution < -0.4 is 14.2 Å². The van der Waals surface area contributed by atoms with Crippen LogP contribution in [0.3, 0.4) is 0 Å². The van der Waals surface area contributed by atoms with Crippen molar-refractivity contribution >= 4 is 78.0 Å². The van der Waals surface area contributed by atoms with Gasteiger partial charge in [0.15, 0.2) is 34.6 Å². The predicted octanol–water partition coefficient (Wildman–Crippen LogP) is 6.92. The molecule has 228 valence electrons. The van der Waals surface area contributed by atoms with E-state index in [9.17, 15) is 24.3 Å². The van der Waals surface area contributed by atoms with Gasteiger partial charge in [0.25, 0.3) is 0 Å². The lowest BCUT2D eigenvalue weighted by molar-refractivity contribution is -0.141. The number of halogens is 1. The van der Waals surface area contributed by atoms with E-state index in [4.69, 9.17) is 36.0 Å². The van der Waals surface area contributed by atoms with Crippen LogP contribution >= 0.6 is 34.3 Å². The first-order valence-corrected chi connectivity index (χ1v) is 15.2. The molecule has 2 unspecified atom stereocenters. The lowest BCUT2D eigenvalue weighted by atomic mass is 10.0. The third-order valence-corrected chi connectivity index (χ3v) is 9.31. The summed E-state index contributed by atoms with van der Waals surface area (Å²) in [6.45, 7) is 3.33. The quantitative estimate of drug-likeness (QED) is 0.0913. The highest BCUT2D eigenvalue weighted by Crippen LogP contribution is 2.44. The van der Waals surface area contributed by atoms with Gasteiger partial charge in [0.05, 0.1) is 46.9 Å². The number of carbonyl (C=O) groups is 4. The summed E-state index contributed by atoms with van der Waals surface area (Å²) in [4.78, 5) is 48.1. The normalized spacial score (nSPS) is 12.7. The zero-order valence-electron chi connectivity index (χ0n) is 23.5. The Morgan fingerprint density at radius 3 is 2.00 bits per heavy atom. The van der Waals surface area contributed by atoms with Gasteiger partial charge in [0, 0.05) is 46.2 Å². The number of phenolic OH excluding ortho intramolecular Hbond substituents is 1. The summed E-state index contributed by atoms with van der Waals surface area (Å²) in [7, 11) is 1.50. The van der Waals surface area contributed by atoms with E-state index in [-0.39, 0.29) is 54.1 Å². The summed E-state index contributed by atoms with van der Waals surface area (Å²) in [5.41, 5.74) is 0. The van der Waals surface area contributed by atoms with E-state index in [0.29, 0.717) is 37.8 Å². The average molecular weight is 649 g/mol. The monoisotopic (exact) mass is 648 g/mol. The van der Waals surface area contributed by atoms with Gasteiger partial charge in [-0.15, -0.1) is 22.7 Å². The van der Waals surface area contributed by atoms with E-state index in [0.717, 1.165) is 21.4 Å². The summed E-state index contributed by atoms with van der Waals surface area (Å²) in [5.74, 6) is -3.44. The second kappa shape index (κ2) is 13.6. The van der Waals surface area contributed by atoms with E-state index in [1.807, 2.05) is 0 Å². The van der Waals surface area contributed by atoms with E-state index < -0.39 is 23.8 Å². The molecule has 0 saturated carbocycles. The van der Waals surface area contributed by atoms with Gasteiger partial charge in [-0.3, -0.25) is 19.2 Å². The molecule has 2 atom stereocenters. The summed E-state index contributed by atoms with van der Waals surface area (Å²) in [5, 5.41) is 30.1. The van der Waals surface area contributed by atoms with Crippen LogP contribution in [-0.2, 0) is 9.59 Å². The molecular formula is C30H29ClO10S2. The lowest BCUT2D eigenvalue weighted by Gasteiger charge is -2.13. The van der Waals surface area contributed by atoms with Crippen molar-refractivity contribution in [2.24, 2.45) is 11.8 Å². The first kappa shape index (κ1) is 32.1. The number of carboxylic acids is 2. The maximum atomic E-state index is 12.6.